The first-order valence-corrected chi connectivity index (χ1v) is 9.16. The van der Waals surface area contributed by atoms with Crippen molar-refractivity contribution in [3.63, 3.8) is 0 Å². The first-order chi connectivity index (χ1) is 12.3. The monoisotopic (exact) mass is 356 g/mol. The molecule has 4 nitrogen and oxygen atoms in total. The van der Waals surface area contributed by atoms with Gasteiger partial charge in [0, 0.05) is 12.2 Å². The van der Waals surface area contributed by atoms with Crippen molar-refractivity contribution < 1.29 is 19.1 Å². The van der Waals surface area contributed by atoms with E-state index in [1.165, 1.54) is 0 Å². The summed E-state index contributed by atoms with van der Waals surface area (Å²) < 4.78 is 11.6. The molecule has 0 spiro atoms. The van der Waals surface area contributed by atoms with Gasteiger partial charge in [0.25, 0.3) is 0 Å². The van der Waals surface area contributed by atoms with E-state index in [4.69, 9.17) is 9.47 Å². The van der Waals surface area contributed by atoms with Gasteiger partial charge >= 0.3 is 5.97 Å². The van der Waals surface area contributed by atoms with E-state index in [1.807, 2.05) is 76.1 Å². The lowest BCUT2D eigenvalue weighted by molar-refractivity contribution is -0.171. The lowest BCUT2D eigenvalue weighted by Gasteiger charge is -2.36. The Balaban J connectivity index is 2.44. The van der Waals surface area contributed by atoms with Crippen LogP contribution in [0.25, 0.3) is 6.08 Å². The average molecular weight is 356 g/mol. The molecule has 0 bridgehead atoms. The Bertz CT molecular complexity index is 693. The predicted molar refractivity (Wildman–Crippen MR) is 102 cm³/mol. The van der Waals surface area contributed by atoms with Gasteiger partial charge in [-0.25, -0.2) is 4.79 Å². The minimum Gasteiger partial charge on any atom is -0.459 e. The maximum Gasteiger partial charge on any atom is 0.320 e. The number of ether oxygens (including phenoxy) is 2. The summed E-state index contributed by atoms with van der Waals surface area (Å²) >= 11 is 0. The van der Waals surface area contributed by atoms with Crippen molar-refractivity contribution in [2.75, 3.05) is 6.61 Å². The van der Waals surface area contributed by atoms with E-state index >= 15 is 0 Å². The fourth-order valence-electron chi connectivity index (χ4n) is 3.39. The number of rotatable bonds is 6. The molecule has 1 aliphatic carbocycles. The van der Waals surface area contributed by atoms with E-state index < -0.39 is 23.1 Å². The molecule has 2 atom stereocenters. The highest BCUT2D eigenvalue weighted by Crippen LogP contribution is 2.48. The van der Waals surface area contributed by atoms with Gasteiger partial charge in [-0.15, -0.1) is 0 Å². The van der Waals surface area contributed by atoms with E-state index in [2.05, 4.69) is 0 Å². The SMILES string of the molecule is CCOC(C=Cc1ccccc1)C1(C(=O)OC(C)(C)C)CCCC1=C=O. The standard InChI is InChI=1S/C22H28O4/c1-5-25-19(14-13-17-10-7-6-8-11-17)22(15-9-12-18(22)16-23)20(24)26-21(2,3)4/h6-8,10-11,13-14,19H,5,9,12,15H2,1-4H3. The lowest BCUT2D eigenvalue weighted by atomic mass is 9.76. The van der Waals surface area contributed by atoms with Gasteiger partial charge in [0.15, 0.2) is 0 Å². The molecule has 1 fully saturated rings. The molecule has 1 aromatic rings. The van der Waals surface area contributed by atoms with E-state index in [-0.39, 0.29) is 0 Å². The quantitative estimate of drug-likeness (QED) is 0.561. The molecule has 0 aromatic heterocycles. The lowest BCUT2D eigenvalue weighted by Crippen LogP contribution is -2.46. The largest absolute Gasteiger partial charge is 0.459 e. The minimum atomic E-state index is -1.10. The minimum absolute atomic E-state index is 0.406. The van der Waals surface area contributed by atoms with Crippen molar-refractivity contribution in [3.05, 3.63) is 47.5 Å². The first kappa shape index (κ1) is 20.2. The van der Waals surface area contributed by atoms with Crippen LogP contribution in [0.15, 0.2) is 42.0 Å². The fourth-order valence-corrected chi connectivity index (χ4v) is 3.39. The van der Waals surface area contributed by atoms with Gasteiger partial charge in [0.1, 0.15) is 17.0 Å². The van der Waals surface area contributed by atoms with Crippen molar-refractivity contribution in [2.24, 2.45) is 5.41 Å². The molecule has 4 heteroatoms. The Hall–Kier alpha value is -2.16. The second-order valence-electron chi connectivity index (χ2n) is 7.55. The number of carbonyl (C=O) groups is 1. The van der Waals surface area contributed by atoms with E-state index in [1.54, 1.807) is 0 Å². The zero-order valence-corrected chi connectivity index (χ0v) is 16.1. The van der Waals surface area contributed by atoms with Crippen molar-refractivity contribution in [3.8, 4) is 0 Å². The van der Waals surface area contributed by atoms with Crippen LogP contribution in [0.4, 0.5) is 0 Å². The van der Waals surface area contributed by atoms with Crippen molar-refractivity contribution in [1.82, 2.24) is 0 Å². The van der Waals surface area contributed by atoms with Crippen LogP contribution in [0.1, 0.15) is 52.5 Å². The summed E-state index contributed by atoms with van der Waals surface area (Å²) in [6, 6.07) is 9.80. The topological polar surface area (TPSA) is 52.6 Å². The molecule has 1 aromatic carbocycles. The predicted octanol–water partition coefficient (Wildman–Crippen LogP) is 4.37. The molecule has 140 valence electrons. The molecule has 26 heavy (non-hydrogen) atoms. The van der Waals surface area contributed by atoms with Gasteiger partial charge in [-0.05, 0) is 52.5 Å². The van der Waals surface area contributed by atoms with E-state index in [0.29, 0.717) is 25.0 Å². The Morgan fingerprint density at radius 3 is 2.58 bits per heavy atom. The summed E-state index contributed by atoms with van der Waals surface area (Å²) in [6.07, 6.45) is 5.04. The van der Waals surface area contributed by atoms with Crippen LogP contribution in [0.2, 0.25) is 0 Å². The smallest absolute Gasteiger partial charge is 0.320 e. The molecule has 0 N–H and O–H groups in total. The zero-order valence-electron chi connectivity index (χ0n) is 16.1. The van der Waals surface area contributed by atoms with Crippen LogP contribution in [0.5, 0.6) is 0 Å². The molecule has 0 heterocycles. The van der Waals surface area contributed by atoms with Crippen LogP contribution in [-0.4, -0.2) is 30.2 Å². The summed E-state index contributed by atoms with van der Waals surface area (Å²) in [5.41, 5.74) is -0.286. The number of hydrogen-bond acceptors (Lipinski definition) is 4. The van der Waals surface area contributed by atoms with Gasteiger partial charge in [-0.2, -0.15) is 0 Å². The van der Waals surface area contributed by atoms with Crippen LogP contribution in [0, 0.1) is 5.41 Å². The fraction of sp³-hybridized carbons (Fsp3) is 0.500. The van der Waals surface area contributed by atoms with Gasteiger partial charge in [0.05, 0.1) is 6.10 Å². The highest BCUT2D eigenvalue weighted by molar-refractivity contribution is 5.86. The first-order valence-electron chi connectivity index (χ1n) is 9.16. The summed E-state index contributed by atoms with van der Waals surface area (Å²) in [4.78, 5) is 24.8. The highest BCUT2D eigenvalue weighted by Gasteiger charge is 2.54. The van der Waals surface area contributed by atoms with Crippen LogP contribution < -0.4 is 0 Å². The van der Waals surface area contributed by atoms with Crippen molar-refractivity contribution in [1.29, 1.82) is 0 Å². The Morgan fingerprint density at radius 1 is 1.31 bits per heavy atom. The maximum absolute atomic E-state index is 13.1. The van der Waals surface area contributed by atoms with Gasteiger partial charge in [-0.3, -0.25) is 4.79 Å². The van der Waals surface area contributed by atoms with Gasteiger partial charge in [-0.1, -0.05) is 42.5 Å². The molecular weight excluding hydrogens is 328 g/mol. The molecule has 1 aliphatic rings. The Labute approximate surface area is 155 Å². The molecule has 0 saturated heterocycles. The summed E-state index contributed by atoms with van der Waals surface area (Å²) in [7, 11) is 0. The van der Waals surface area contributed by atoms with Gasteiger partial charge < -0.3 is 9.47 Å². The normalized spacial score (nSPS) is 21.6. The van der Waals surface area contributed by atoms with Crippen LogP contribution in [0.3, 0.4) is 0 Å². The Kier molecular flexibility index (Phi) is 6.57. The third-order valence-electron chi connectivity index (χ3n) is 4.52. The van der Waals surface area contributed by atoms with Crippen molar-refractivity contribution in [2.45, 2.75) is 58.7 Å². The van der Waals surface area contributed by atoms with E-state index in [9.17, 15) is 9.59 Å². The third-order valence-corrected chi connectivity index (χ3v) is 4.52. The maximum atomic E-state index is 13.1. The molecule has 0 amide bonds. The molecule has 2 unspecified atom stereocenters. The summed E-state index contributed by atoms with van der Waals surface area (Å²) in [5.74, 6) is 1.60. The number of carbonyl (C=O) groups excluding carboxylic acids is 2. The molecule has 1 saturated carbocycles. The molecule has 2 rings (SSSR count). The van der Waals surface area contributed by atoms with Crippen LogP contribution in [-0.2, 0) is 19.1 Å². The summed E-state index contributed by atoms with van der Waals surface area (Å²) in [5, 5.41) is 0. The Morgan fingerprint density at radius 2 is 2.00 bits per heavy atom. The second kappa shape index (κ2) is 8.48. The highest BCUT2D eigenvalue weighted by atomic mass is 16.6. The molecular formula is C22H28O4. The van der Waals surface area contributed by atoms with E-state index in [0.717, 1.165) is 12.0 Å². The zero-order chi connectivity index (χ0) is 19.2. The van der Waals surface area contributed by atoms with Gasteiger partial charge in [0.2, 0.25) is 0 Å². The second-order valence-corrected chi connectivity index (χ2v) is 7.55. The molecule has 0 aliphatic heterocycles. The number of benzene rings is 1. The average Bonchev–Trinajstić information content (AvgIpc) is 3.03. The van der Waals surface area contributed by atoms with Crippen LogP contribution >= 0.6 is 0 Å². The number of hydrogen-bond donors (Lipinski definition) is 0. The van der Waals surface area contributed by atoms with Crippen molar-refractivity contribution >= 4 is 18.0 Å². The molecule has 0 radical (unpaired) electrons. The summed E-state index contributed by atoms with van der Waals surface area (Å²) in [6.45, 7) is 7.79. The number of esters is 1. The third kappa shape index (κ3) is 4.51.